The van der Waals surface area contributed by atoms with E-state index in [9.17, 15) is 4.79 Å². The minimum absolute atomic E-state index is 0.0544. The Hall–Kier alpha value is -1.99. The van der Waals surface area contributed by atoms with E-state index in [0.717, 1.165) is 32.0 Å². The number of imidazole rings is 1. The van der Waals surface area contributed by atoms with E-state index in [4.69, 9.17) is 4.74 Å². The molecule has 1 aromatic heterocycles. The van der Waals surface area contributed by atoms with Crippen LogP contribution in [0.25, 0.3) is 11.0 Å². The van der Waals surface area contributed by atoms with Crippen LogP contribution in [0.4, 0.5) is 0 Å². The monoisotopic (exact) mass is 419 g/mol. The van der Waals surface area contributed by atoms with Gasteiger partial charge in [0.2, 0.25) is 5.91 Å². The number of nitrogens with zero attached hydrogens (tertiary/aromatic N) is 2. The summed E-state index contributed by atoms with van der Waals surface area (Å²) in [7, 11) is 3.44. The highest BCUT2D eigenvalue weighted by molar-refractivity contribution is 9.10. The molecule has 0 unspecified atom stereocenters. The smallest absolute Gasteiger partial charge is 0.233 e. The van der Waals surface area contributed by atoms with Crippen LogP contribution < -0.4 is 4.74 Å². The first-order valence-electron chi connectivity index (χ1n) is 7.71. The van der Waals surface area contributed by atoms with Crippen molar-refractivity contribution in [2.24, 2.45) is 0 Å². The summed E-state index contributed by atoms with van der Waals surface area (Å²) >= 11 is 4.91. The number of benzene rings is 2. The van der Waals surface area contributed by atoms with Crippen LogP contribution in [0.2, 0.25) is 0 Å². The number of hydrogen-bond acceptors (Lipinski definition) is 4. The number of thioether (sulfide) groups is 1. The molecule has 0 atom stereocenters. The zero-order valence-corrected chi connectivity index (χ0v) is 16.4. The van der Waals surface area contributed by atoms with Gasteiger partial charge in [0.05, 0.1) is 23.9 Å². The van der Waals surface area contributed by atoms with Gasteiger partial charge in [-0.25, -0.2) is 4.98 Å². The third-order valence-corrected chi connectivity index (χ3v) is 5.42. The molecule has 25 heavy (non-hydrogen) atoms. The molecule has 1 heterocycles. The first kappa shape index (κ1) is 17.8. The highest BCUT2D eigenvalue weighted by atomic mass is 79.9. The van der Waals surface area contributed by atoms with E-state index >= 15 is 0 Å². The lowest BCUT2D eigenvalue weighted by molar-refractivity contribution is -0.127. The van der Waals surface area contributed by atoms with Gasteiger partial charge in [-0.3, -0.25) is 4.79 Å². The third kappa shape index (κ3) is 4.35. The Kier molecular flexibility index (Phi) is 5.65. The maximum Gasteiger partial charge on any atom is 0.233 e. The maximum atomic E-state index is 12.4. The van der Waals surface area contributed by atoms with Gasteiger partial charge in [0, 0.05) is 24.1 Å². The molecule has 0 aliphatic heterocycles. The number of rotatable bonds is 6. The predicted octanol–water partition coefficient (Wildman–Crippen LogP) is 4.08. The van der Waals surface area contributed by atoms with E-state index in [1.165, 1.54) is 11.8 Å². The topological polar surface area (TPSA) is 58.2 Å². The Morgan fingerprint density at radius 3 is 2.88 bits per heavy atom. The molecule has 3 aromatic rings. The van der Waals surface area contributed by atoms with Crippen molar-refractivity contribution in [3.8, 4) is 5.75 Å². The Labute approximate surface area is 158 Å². The molecule has 0 saturated carbocycles. The molecular formula is C18H18BrN3O2S. The summed E-state index contributed by atoms with van der Waals surface area (Å²) in [6.45, 7) is 0.568. The van der Waals surface area contributed by atoms with Gasteiger partial charge in [0.1, 0.15) is 5.75 Å². The Bertz CT molecular complexity index is 897. The van der Waals surface area contributed by atoms with Gasteiger partial charge >= 0.3 is 0 Å². The predicted molar refractivity (Wildman–Crippen MR) is 104 cm³/mol. The lowest BCUT2D eigenvalue weighted by Gasteiger charge is -2.17. The number of halogens is 1. The molecular weight excluding hydrogens is 402 g/mol. The number of amides is 1. The second kappa shape index (κ2) is 7.93. The van der Waals surface area contributed by atoms with E-state index in [1.54, 1.807) is 12.0 Å². The summed E-state index contributed by atoms with van der Waals surface area (Å²) in [5.41, 5.74) is 2.84. The number of H-pyrrole nitrogens is 1. The molecule has 2 aromatic carbocycles. The quantitative estimate of drug-likeness (QED) is 0.611. The molecule has 0 saturated heterocycles. The van der Waals surface area contributed by atoms with Crippen molar-refractivity contribution in [1.29, 1.82) is 0 Å². The van der Waals surface area contributed by atoms with Crippen LogP contribution in [-0.4, -0.2) is 40.7 Å². The largest absolute Gasteiger partial charge is 0.497 e. The van der Waals surface area contributed by atoms with Crippen LogP contribution >= 0.6 is 27.7 Å². The average molecular weight is 420 g/mol. The first-order valence-corrected chi connectivity index (χ1v) is 9.48. The molecule has 0 aliphatic rings. The zero-order chi connectivity index (χ0) is 17.8. The first-order chi connectivity index (χ1) is 12.1. The minimum Gasteiger partial charge on any atom is -0.497 e. The van der Waals surface area contributed by atoms with E-state index in [0.29, 0.717) is 12.3 Å². The van der Waals surface area contributed by atoms with Crippen molar-refractivity contribution in [2.45, 2.75) is 11.7 Å². The molecule has 1 amide bonds. The maximum absolute atomic E-state index is 12.4. The summed E-state index contributed by atoms with van der Waals surface area (Å²) in [6, 6.07) is 13.6. The van der Waals surface area contributed by atoms with E-state index in [2.05, 4.69) is 25.9 Å². The summed E-state index contributed by atoms with van der Waals surface area (Å²) in [5.74, 6) is 1.16. The molecule has 0 radical (unpaired) electrons. The highest BCUT2D eigenvalue weighted by Crippen LogP contribution is 2.23. The fraction of sp³-hybridized carbons (Fsp3) is 0.222. The lowest BCUT2D eigenvalue weighted by Crippen LogP contribution is -2.27. The van der Waals surface area contributed by atoms with E-state index in [1.807, 2.05) is 49.5 Å². The number of carbonyl (C=O) groups excluding carboxylic acids is 1. The van der Waals surface area contributed by atoms with Crippen molar-refractivity contribution >= 4 is 44.6 Å². The minimum atomic E-state index is 0.0544. The standard InChI is InChI=1S/C18H18BrN3O2S/c1-22(10-12-5-3-4-6-14(12)19)17(23)11-25-18-20-15-8-7-13(24-2)9-16(15)21-18/h3-9H,10-11H2,1-2H3,(H,20,21). The third-order valence-electron chi connectivity index (χ3n) is 3.79. The van der Waals surface area contributed by atoms with Gasteiger partial charge < -0.3 is 14.6 Å². The molecule has 0 fully saturated rings. The van der Waals surface area contributed by atoms with E-state index < -0.39 is 0 Å². The number of hydrogen-bond donors (Lipinski definition) is 1. The van der Waals surface area contributed by atoms with Crippen molar-refractivity contribution in [1.82, 2.24) is 14.9 Å². The van der Waals surface area contributed by atoms with Gasteiger partial charge in [-0.2, -0.15) is 0 Å². The number of aromatic nitrogens is 2. The van der Waals surface area contributed by atoms with Crippen molar-refractivity contribution in [2.75, 3.05) is 19.9 Å². The van der Waals surface area contributed by atoms with Gasteiger partial charge in [-0.15, -0.1) is 0 Å². The number of nitrogens with one attached hydrogen (secondary N) is 1. The molecule has 7 heteroatoms. The lowest BCUT2D eigenvalue weighted by atomic mass is 10.2. The summed E-state index contributed by atoms with van der Waals surface area (Å²) in [5, 5.41) is 0.728. The molecule has 1 N–H and O–H groups in total. The van der Waals surface area contributed by atoms with Gasteiger partial charge in [-0.05, 0) is 23.8 Å². The molecule has 5 nitrogen and oxygen atoms in total. The summed E-state index contributed by atoms with van der Waals surface area (Å²) < 4.78 is 6.22. The molecule has 130 valence electrons. The molecule has 0 aliphatic carbocycles. The van der Waals surface area contributed by atoms with Crippen molar-refractivity contribution < 1.29 is 9.53 Å². The molecule has 3 rings (SSSR count). The second-order valence-electron chi connectivity index (χ2n) is 5.55. The number of fused-ring (bicyclic) bond motifs is 1. The summed E-state index contributed by atoms with van der Waals surface area (Å²) in [4.78, 5) is 21.8. The Morgan fingerprint density at radius 1 is 1.32 bits per heavy atom. The Balaban J connectivity index is 1.61. The SMILES string of the molecule is COc1ccc2nc(SCC(=O)N(C)Cc3ccccc3Br)[nH]c2c1. The van der Waals surface area contributed by atoms with E-state index in [-0.39, 0.29) is 5.91 Å². The van der Waals surface area contributed by atoms with Gasteiger partial charge in [0.25, 0.3) is 0 Å². The van der Waals surface area contributed by atoms with Crippen LogP contribution in [0.1, 0.15) is 5.56 Å². The van der Waals surface area contributed by atoms with Crippen LogP contribution in [0.5, 0.6) is 5.75 Å². The van der Waals surface area contributed by atoms with Crippen LogP contribution in [0.15, 0.2) is 52.1 Å². The summed E-state index contributed by atoms with van der Waals surface area (Å²) in [6.07, 6.45) is 0. The fourth-order valence-electron chi connectivity index (χ4n) is 2.37. The Morgan fingerprint density at radius 2 is 2.12 bits per heavy atom. The molecule has 0 spiro atoms. The average Bonchev–Trinajstić information content (AvgIpc) is 3.03. The second-order valence-corrected chi connectivity index (χ2v) is 7.37. The number of ether oxygens (including phenoxy) is 1. The highest BCUT2D eigenvalue weighted by Gasteiger charge is 2.13. The van der Waals surface area contributed by atoms with Crippen LogP contribution in [0, 0.1) is 0 Å². The van der Waals surface area contributed by atoms with Gasteiger partial charge in [-0.1, -0.05) is 45.9 Å². The number of carbonyl (C=O) groups is 1. The van der Waals surface area contributed by atoms with Crippen molar-refractivity contribution in [3.05, 3.63) is 52.5 Å². The zero-order valence-electron chi connectivity index (χ0n) is 14.0. The van der Waals surface area contributed by atoms with Crippen molar-refractivity contribution in [3.63, 3.8) is 0 Å². The normalized spacial score (nSPS) is 10.8. The number of methoxy groups -OCH3 is 1. The van der Waals surface area contributed by atoms with Gasteiger partial charge in [0.15, 0.2) is 5.16 Å². The number of aromatic amines is 1. The molecule has 0 bridgehead atoms. The van der Waals surface area contributed by atoms with Crippen LogP contribution in [-0.2, 0) is 11.3 Å². The van der Waals surface area contributed by atoms with Crippen LogP contribution in [0.3, 0.4) is 0 Å². The fourth-order valence-corrected chi connectivity index (χ4v) is 3.61.